The highest BCUT2D eigenvalue weighted by Crippen LogP contribution is 2.66. The highest BCUT2D eigenvalue weighted by molar-refractivity contribution is 6.01. The average molecular weight is 366 g/mol. The Morgan fingerprint density at radius 1 is 1.17 bits per heavy atom. The third kappa shape index (κ3) is 1.76. The molecule has 4 atom stereocenters. The van der Waals surface area contributed by atoms with Gasteiger partial charge in [-0.05, 0) is 13.1 Å². The second-order valence-electron chi connectivity index (χ2n) is 5.29. The lowest BCUT2D eigenvalue weighted by atomic mass is 9.75. The summed E-state index contributed by atoms with van der Waals surface area (Å²) in [5.74, 6) is -10.1. The normalized spacial score (nSPS) is 42.0. The van der Waals surface area contributed by atoms with E-state index in [2.05, 4.69) is 4.99 Å². The summed E-state index contributed by atoms with van der Waals surface area (Å²) in [7, 11) is 0.684. The Hall–Kier alpha value is -1.52. The molecule has 136 valence electrons. The van der Waals surface area contributed by atoms with E-state index < -0.39 is 46.7 Å². The van der Waals surface area contributed by atoms with E-state index in [9.17, 15) is 30.7 Å². The first-order valence-corrected chi connectivity index (χ1v) is 6.48. The van der Waals surface area contributed by atoms with Crippen molar-refractivity contribution >= 4 is 5.71 Å². The Labute approximate surface area is 130 Å². The molecule has 0 radical (unpaired) electrons. The number of halogens is 9. The molecule has 1 fully saturated rings. The molecule has 2 nitrogen and oxygen atoms in total. The largest absolute Gasteiger partial charge is 0.432 e. The van der Waals surface area contributed by atoms with Gasteiger partial charge in [0.05, 0.1) is 0 Å². The molecule has 0 aromatic rings. The Morgan fingerprint density at radius 3 is 2.12 bits per heavy atom. The van der Waals surface area contributed by atoms with E-state index in [0.717, 1.165) is 5.32 Å². The quantitative estimate of drug-likeness (QED) is 0.452. The maximum atomic E-state index is 15.3. The number of rotatable bonds is 2. The van der Waals surface area contributed by atoms with E-state index in [-0.39, 0.29) is 12.2 Å². The van der Waals surface area contributed by atoms with Crippen LogP contribution in [0.25, 0.3) is 0 Å². The summed E-state index contributed by atoms with van der Waals surface area (Å²) < 4.78 is 127. The Bertz CT molecular complexity index is 638. The number of hydrogen-bond donors (Lipinski definition) is 1. The third-order valence-corrected chi connectivity index (χ3v) is 4.22. The van der Waals surface area contributed by atoms with E-state index in [4.69, 9.17) is 0 Å². The highest BCUT2D eigenvalue weighted by Gasteiger charge is 2.91. The molecule has 2 aliphatic rings. The first kappa shape index (κ1) is 18.8. The average Bonchev–Trinajstić information content (AvgIpc) is 2.56. The minimum Gasteiger partial charge on any atom is -0.285 e. The number of nitrogens with zero attached hydrogens (tertiary/aromatic N) is 1. The molecule has 0 saturated heterocycles. The molecule has 0 aromatic carbocycles. The number of aliphatic imine (C=N–C) groups is 1. The van der Waals surface area contributed by atoms with Crippen LogP contribution in [-0.2, 0) is 0 Å². The molecule has 0 amide bonds. The number of allylic oxidation sites excluding steroid dienone is 3. The summed E-state index contributed by atoms with van der Waals surface area (Å²) in [5.41, 5.74) is -14.7. The van der Waals surface area contributed by atoms with E-state index in [1.54, 1.807) is 0 Å². The van der Waals surface area contributed by atoms with Gasteiger partial charge >= 0.3 is 12.1 Å². The van der Waals surface area contributed by atoms with Crippen molar-refractivity contribution in [2.24, 2.45) is 4.99 Å². The van der Waals surface area contributed by atoms with Crippen molar-refractivity contribution in [2.75, 3.05) is 14.1 Å². The molecule has 1 saturated carbocycles. The first-order valence-electron chi connectivity index (χ1n) is 6.48. The zero-order valence-electron chi connectivity index (χ0n) is 12.2. The summed E-state index contributed by atoms with van der Waals surface area (Å²) in [6.07, 6.45) is -8.20. The van der Waals surface area contributed by atoms with Crippen LogP contribution < -0.4 is 5.32 Å². The van der Waals surface area contributed by atoms with Gasteiger partial charge in [-0.3, -0.25) is 10.3 Å². The van der Waals surface area contributed by atoms with Gasteiger partial charge in [-0.1, -0.05) is 12.2 Å². The van der Waals surface area contributed by atoms with Crippen LogP contribution in [-0.4, -0.2) is 55.2 Å². The van der Waals surface area contributed by atoms with Crippen molar-refractivity contribution < 1.29 is 39.5 Å². The van der Waals surface area contributed by atoms with Gasteiger partial charge < -0.3 is 0 Å². The number of hydrogen-bond acceptors (Lipinski definition) is 2. The van der Waals surface area contributed by atoms with Crippen molar-refractivity contribution in [3.8, 4) is 0 Å². The van der Waals surface area contributed by atoms with Crippen LogP contribution in [0.1, 0.15) is 0 Å². The molecule has 4 unspecified atom stereocenters. The molecule has 0 aromatic heterocycles. The molecule has 1 N–H and O–H groups in total. The third-order valence-electron chi connectivity index (χ3n) is 4.22. The summed E-state index contributed by atoms with van der Waals surface area (Å²) in [5, 5.41) is 1.06. The highest BCUT2D eigenvalue weighted by atomic mass is 19.4. The predicted molar refractivity (Wildman–Crippen MR) is 67.1 cm³/mol. The van der Waals surface area contributed by atoms with Crippen molar-refractivity contribution in [2.45, 2.75) is 35.4 Å². The van der Waals surface area contributed by atoms with Gasteiger partial charge in [-0.2, -0.15) is 22.0 Å². The van der Waals surface area contributed by atoms with Gasteiger partial charge in [0.15, 0.2) is 11.9 Å². The van der Waals surface area contributed by atoms with Gasteiger partial charge in [0.25, 0.3) is 11.5 Å². The SMILES string of the molecule is CN=C(C(F)(F)F)C1(F)C2(F)C(=CC=CC2F)C(F)(F)C1(F)NC. The fourth-order valence-corrected chi connectivity index (χ4v) is 3.15. The molecule has 0 bridgehead atoms. The second kappa shape index (κ2) is 4.99. The fraction of sp³-hybridized carbons (Fsp3) is 0.615. The van der Waals surface area contributed by atoms with Gasteiger partial charge in [-0.15, -0.1) is 0 Å². The van der Waals surface area contributed by atoms with Crippen molar-refractivity contribution in [3.05, 3.63) is 23.8 Å². The van der Waals surface area contributed by atoms with Crippen LogP contribution in [0.5, 0.6) is 0 Å². The van der Waals surface area contributed by atoms with Crippen molar-refractivity contribution in [1.29, 1.82) is 0 Å². The summed E-state index contributed by atoms with van der Waals surface area (Å²) in [6.45, 7) is 0. The molecule has 0 heterocycles. The molecule has 0 aliphatic heterocycles. The maximum absolute atomic E-state index is 15.3. The number of fused-ring (bicyclic) bond motifs is 1. The standard InChI is InChI=1S/C13H11F9N2/c1-23-8(12(19,20)21)10(16)9(15)6(4-3-5-7(9)14)11(17,18)13(10,22)24-2/h3-5,7,24H,1-2H3. The Balaban J connectivity index is 2.95. The summed E-state index contributed by atoms with van der Waals surface area (Å²) >= 11 is 0. The molecule has 24 heavy (non-hydrogen) atoms. The number of nitrogens with one attached hydrogen (secondary N) is 1. The molecular weight excluding hydrogens is 355 g/mol. The van der Waals surface area contributed by atoms with Crippen molar-refractivity contribution in [3.63, 3.8) is 0 Å². The van der Waals surface area contributed by atoms with Crippen LogP contribution in [0, 0.1) is 0 Å². The monoisotopic (exact) mass is 366 g/mol. The summed E-state index contributed by atoms with van der Waals surface area (Å²) in [4.78, 5) is 2.44. The lowest BCUT2D eigenvalue weighted by Crippen LogP contribution is -2.72. The topological polar surface area (TPSA) is 24.4 Å². The van der Waals surface area contributed by atoms with Crippen LogP contribution in [0.2, 0.25) is 0 Å². The van der Waals surface area contributed by atoms with Crippen molar-refractivity contribution in [1.82, 2.24) is 5.32 Å². The second-order valence-corrected chi connectivity index (χ2v) is 5.29. The van der Waals surface area contributed by atoms with Gasteiger partial charge in [0.1, 0.15) is 0 Å². The van der Waals surface area contributed by atoms with E-state index in [1.807, 2.05) is 0 Å². The van der Waals surface area contributed by atoms with E-state index in [1.165, 1.54) is 0 Å². The van der Waals surface area contributed by atoms with Gasteiger partial charge in [0.2, 0.25) is 5.67 Å². The van der Waals surface area contributed by atoms with Gasteiger partial charge in [-0.25, -0.2) is 17.6 Å². The lowest BCUT2D eigenvalue weighted by Gasteiger charge is -2.41. The van der Waals surface area contributed by atoms with Crippen LogP contribution >= 0.6 is 0 Å². The minimum absolute atomic E-state index is 0.159. The summed E-state index contributed by atoms with van der Waals surface area (Å²) in [6, 6.07) is 0. The fourth-order valence-electron chi connectivity index (χ4n) is 3.15. The zero-order valence-corrected chi connectivity index (χ0v) is 12.2. The minimum atomic E-state index is -5.83. The van der Waals surface area contributed by atoms with Crippen LogP contribution in [0.15, 0.2) is 28.8 Å². The predicted octanol–water partition coefficient (Wildman–Crippen LogP) is 3.40. The Morgan fingerprint density at radius 2 is 1.71 bits per heavy atom. The molecule has 2 aliphatic carbocycles. The molecule has 11 heteroatoms. The van der Waals surface area contributed by atoms with Gasteiger partial charge in [0, 0.05) is 12.6 Å². The van der Waals surface area contributed by atoms with E-state index >= 15 is 8.78 Å². The smallest absolute Gasteiger partial charge is 0.285 e. The lowest BCUT2D eigenvalue weighted by molar-refractivity contribution is -0.170. The van der Waals surface area contributed by atoms with Crippen LogP contribution in [0.3, 0.4) is 0 Å². The molecule has 2 rings (SSSR count). The Kier molecular flexibility index (Phi) is 3.91. The number of alkyl halides is 9. The maximum Gasteiger partial charge on any atom is 0.432 e. The molecule has 0 spiro atoms. The van der Waals surface area contributed by atoms with Crippen LogP contribution in [0.4, 0.5) is 39.5 Å². The molecular formula is C13H11F9N2. The first-order chi connectivity index (χ1) is 10.8. The zero-order chi connectivity index (χ0) is 18.8. The van der Waals surface area contributed by atoms with E-state index in [0.29, 0.717) is 20.2 Å².